The van der Waals surface area contributed by atoms with E-state index in [4.69, 9.17) is 0 Å². The number of rotatable bonds is 1. The van der Waals surface area contributed by atoms with Gasteiger partial charge in [-0.25, -0.2) is 0 Å². The van der Waals surface area contributed by atoms with Crippen molar-refractivity contribution >= 4 is 15.9 Å². The molecular weight excluding hydrogens is 252 g/mol. The van der Waals surface area contributed by atoms with Gasteiger partial charge in [-0.05, 0) is 31.2 Å². The zero-order valence-corrected chi connectivity index (χ0v) is 10.8. The van der Waals surface area contributed by atoms with Gasteiger partial charge in [-0.15, -0.1) is 0 Å². The van der Waals surface area contributed by atoms with Gasteiger partial charge in [-0.1, -0.05) is 28.1 Å². The Hall–Kier alpha value is -0.380. The number of hydrogen-bond donors (Lipinski definition) is 1. The standard InChI is InChI=1S/C12H17BrN2/c1-9-3-4-10(11(13)7-9)12-8-14-5-6-15(12)2/h3-4,7,12,14H,5-6,8H2,1-2H3. The smallest absolute Gasteiger partial charge is 0.0481 e. The van der Waals surface area contributed by atoms with Gasteiger partial charge in [0.1, 0.15) is 0 Å². The SMILES string of the molecule is Cc1ccc(C2CNCCN2C)c(Br)c1. The van der Waals surface area contributed by atoms with E-state index in [1.165, 1.54) is 15.6 Å². The first-order valence-electron chi connectivity index (χ1n) is 5.35. The molecule has 0 saturated carbocycles. The highest BCUT2D eigenvalue weighted by molar-refractivity contribution is 9.10. The summed E-state index contributed by atoms with van der Waals surface area (Å²) in [6.07, 6.45) is 0. The topological polar surface area (TPSA) is 15.3 Å². The molecule has 1 aromatic rings. The number of aryl methyl sites for hydroxylation is 1. The normalized spacial score (nSPS) is 23.0. The largest absolute Gasteiger partial charge is 0.314 e. The predicted molar refractivity (Wildman–Crippen MR) is 67.1 cm³/mol. The van der Waals surface area contributed by atoms with Crippen LogP contribution < -0.4 is 5.32 Å². The molecule has 1 atom stereocenters. The van der Waals surface area contributed by atoms with Crippen LogP contribution in [-0.2, 0) is 0 Å². The maximum Gasteiger partial charge on any atom is 0.0481 e. The van der Waals surface area contributed by atoms with Crippen LogP contribution in [0.3, 0.4) is 0 Å². The number of benzene rings is 1. The third kappa shape index (κ3) is 2.41. The van der Waals surface area contributed by atoms with E-state index in [0.717, 1.165) is 19.6 Å². The summed E-state index contributed by atoms with van der Waals surface area (Å²) in [6.45, 7) is 5.37. The van der Waals surface area contributed by atoms with Gasteiger partial charge in [0.2, 0.25) is 0 Å². The second-order valence-corrected chi connectivity index (χ2v) is 5.08. The van der Waals surface area contributed by atoms with Crippen LogP contribution in [0.2, 0.25) is 0 Å². The van der Waals surface area contributed by atoms with Crippen molar-refractivity contribution < 1.29 is 0 Å². The molecule has 0 radical (unpaired) electrons. The third-order valence-electron chi connectivity index (χ3n) is 3.03. The summed E-state index contributed by atoms with van der Waals surface area (Å²) in [6, 6.07) is 7.10. The fourth-order valence-corrected chi connectivity index (χ4v) is 2.81. The van der Waals surface area contributed by atoms with Gasteiger partial charge in [0.25, 0.3) is 0 Å². The lowest BCUT2D eigenvalue weighted by Crippen LogP contribution is -2.43. The molecule has 0 amide bonds. The van der Waals surface area contributed by atoms with E-state index >= 15 is 0 Å². The molecule has 1 heterocycles. The Balaban J connectivity index is 2.27. The Morgan fingerprint density at radius 1 is 1.47 bits per heavy atom. The summed E-state index contributed by atoms with van der Waals surface area (Å²) in [4.78, 5) is 2.41. The van der Waals surface area contributed by atoms with Crippen LogP contribution in [-0.4, -0.2) is 31.6 Å². The molecule has 2 nitrogen and oxygen atoms in total. The van der Waals surface area contributed by atoms with E-state index in [1.54, 1.807) is 0 Å². The highest BCUT2D eigenvalue weighted by Gasteiger charge is 2.21. The van der Waals surface area contributed by atoms with Crippen LogP contribution in [0.4, 0.5) is 0 Å². The average molecular weight is 269 g/mol. The number of likely N-dealkylation sites (N-methyl/N-ethyl adjacent to an activating group) is 1. The fourth-order valence-electron chi connectivity index (χ4n) is 2.06. The molecule has 0 aromatic heterocycles. The van der Waals surface area contributed by atoms with Crippen molar-refractivity contribution in [3.05, 3.63) is 33.8 Å². The minimum atomic E-state index is 0.494. The van der Waals surface area contributed by atoms with Crippen molar-refractivity contribution in [2.24, 2.45) is 0 Å². The van der Waals surface area contributed by atoms with E-state index in [1.807, 2.05) is 0 Å². The monoisotopic (exact) mass is 268 g/mol. The summed E-state index contributed by atoms with van der Waals surface area (Å²) in [5, 5.41) is 3.44. The number of hydrogen-bond acceptors (Lipinski definition) is 2. The van der Waals surface area contributed by atoms with Crippen LogP contribution in [0.1, 0.15) is 17.2 Å². The summed E-state index contributed by atoms with van der Waals surface area (Å²) in [5.41, 5.74) is 2.69. The van der Waals surface area contributed by atoms with Gasteiger partial charge in [-0.2, -0.15) is 0 Å². The summed E-state index contributed by atoms with van der Waals surface area (Å²) in [7, 11) is 2.19. The average Bonchev–Trinajstić information content (AvgIpc) is 2.20. The van der Waals surface area contributed by atoms with Gasteiger partial charge in [0.15, 0.2) is 0 Å². The highest BCUT2D eigenvalue weighted by atomic mass is 79.9. The Bertz CT molecular complexity index is 351. The lowest BCUT2D eigenvalue weighted by Gasteiger charge is -2.34. The Morgan fingerprint density at radius 2 is 2.27 bits per heavy atom. The van der Waals surface area contributed by atoms with Gasteiger partial charge >= 0.3 is 0 Å². The minimum absolute atomic E-state index is 0.494. The fraction of sp³-hybridized carbons (Fsp3) is 0.500. The molecule has 0 aliphatic carbocycles. The van der Waals surface area contributed by atoms with Crippen LogP contribution >= 0.6 is 15.9 Å². The maximum absolute atomic E-state index is 3.66. The van der Waals surface area contributed by atoms with E-state index in [0.29, 0.717) is 6.04 Å². The number of piperazine rings is 1. The van der Waals surface area contributed by atoms with Crippen molar-refractivity contribution in [3.8, 4) is 0 Å². The molecule has 1 aliphatic rings. The summed E-state index contributed by atoms with van der Waals surface area (Å²) in [5.74, 6) is 0. The van der Waals surface area contributed by atoms with Crippen molar-refractivity contribution in [1.29, 1.82) is 0 Å². The summed E-state index contributed by atoms with van der Waals surface area (Å²) < 4.78 is 1.23. The summed E-state index contributed by atoms with van der Waals surface area (Å²) >= 11 is 3.66. The quantitative estimate of drug-likeness (QED) is 0.841. The molecule has 15 heavy (non-hydrogen) atoms. The molecule has 0 bridgehead atoms. The molecule has 1 fully saturated rings. The highest BCUT2D eigenvalue weighted by Crippen LogP contribution is 2.28. The number of nitrogens with zero attached hydrogens (tertiary/aromatic N) is 1. The van der Waals surface area contributed by atoms with E-state index in [9.17, 15) is 0 Å². The van der Waals surface area contributed by atoms with Crippen molar-refractivity contribution in [3.63, 3.8) is 0 Å². The molecule has 3 heteroatoms. The zero-order chi connectivity index (χ0) is 10.8. The molecule has 82 valence electrons. The molecule has 1 aromatic carbocycles. The molecule has 1 unspecified atom stereocenters. The van der Waals surface area contributed by atoms with E-state index < -0.39 is 0 Å². The van der Waals surface area contributed by atoms with Crippen LogP contribution in [0.5, 0.6) is 0 Å². The first-order valence-corrected chi connectivity index (χ1v) is 6.15. The van der Waals surface area contributed by atoms with Crippen LogP contribution in [0, 0.1) is 6.92 Å². The van der Waals surface area contributed by atoms with E-state index in [-0.39, 0.29) is 0 Å². The zero-order valence-electron chi connectivity index (χ0n) is 9.26. The maximum atomic E-state index is 3.66. The van der Waals surface area contributed by atoms with Crippen molar-refractivity contribution in [2.75, 3.05) is 26.7 Å². The molecule has 0 spiro atoms. The van der Waals surface area contributed by atoms with Crippen LogP contribution in [0.25, 0.3) is 0 Å². The van der Waals surface area contributed by atoms with Crippen molar-refractivity contribution in [1.82, 2.24) is 10.2 Å². The van der Waals surface area contributed by atoms with Crippen LogP contribution in [0.15, 0.2) is 22.7 Å². The Labute approximate surface area is 99.8 Å². The molecule has 1 saturated heterocycles. The predicted octanol–water partition coefficient (Wildman–Crippen LogP) is 2.33. The molecular formula is C12H17BrN2. The lowest BCUT2D eigenvalue weighted by atomic mass is 10.0. The third-order valence-corrected chi connectivity index (χ3v) is 3.71. The first kappa shape index (κ1) is 11.1. The second-order valence-electron chi connectivity index (χ2n) is 4.23. The lowest BCUT2D eigenvalue weighted by molar-refractivity contribution is 0.201. The van der Waals surface area contributed by atoms with Gasteiger partial charge in [-0.3, -0.25) is 4.90 Å². The number of halogens is 1. The minimum Gasteiger partial charge on any atom is -0.314 e. The Morgan fingerprint density at radius 3 is 2.93 bits per heavy atom. The Kier molecular flexibility index (Phi) is 3.44. The second kappa shape index (κ2) is 4.64. The van der Waals surface area contributed by atoms with Gasteiger partial charge in [0.05, 0.1) is 0 Å². The van der Waals surface area contributed by atoms with Crippen molar-refractivity contribution in [2.45, 2.75) is 13.0 Å². The first-order chi connectivity index (χ1) is 7.18. The molecule has 2 rings (SSSR count). The molecule has 1 N–H and O–H groups in total. The van der Waals surface area contributed by atoms with E-state index in [2.05, 4.69) is 58.3 Å². The molecule has 1 aliphatic heterocycles. The van der Waals surface area contributed by atoms with Gasteiger partial charge in [0, 0.05) is 30.1 Å². The number of nitrogens with one attached hydrogen (secondary N) is 1. The van der Waals surface area contributed by atoms with Gasteiger partial charge < -0.3 is 5.32 Å².